The van der Waals surface area contributed by atoms with Gasteiger partial charge in [0.05, 0.1) is 7.11 Å². The average molecular weight is 324 g/mol. The van der Waals surface area contributed by atoms with Crippen LogP contribution in [0.25, 0.3) is 0 Å². The van der Waals surface area contributed by atoms with Gasteiger partial charge < -0.3 is 19.2 Å². The van der Waals surface area contributed by atoms with Crippen molar-refractivity contribution in [3.05, 3.63) is 23.2 Å². The molecule has 1 unspecified atom stereocenters. The van der Waals surface area contributed by atoms with Gasteiger partial charge in [-0.05, 0) is 33.8 Å². The molecule has 1 N–H and O–H groups in total. The Morgan fingerprint density at radius 1 is 1.39 bits per heavy atom. The average Bonchev–Trinajstić information content (AvgIpc) is 2.86. The Hall–Kier alpha value is -2.02. The van der Waals surface area contributed by atoms with Crippen molar-refractivity contribution in [3.63, 3.8) is 0 Å². The second kappa shape index (κ2) is 6.62. The third-order valence-corrected chi connectivity index (χ3v) is 3.54. The van der Waals surface area contributed by atoms with Gasteiger partial charge in [0.25, 0.3) is 0 Å². The second-order valence-electron chi connectivity index (χ2n) is 6.50. The van der Waals surface area contributed by atoms with Gasteiger partial charge in [-0.15, -0.1) is 0 Å². The van der Waals surface area contributed by atoms with Gasteiger partial charge in [-0.3, -0.25) is 4.90 Å². The van der Waals surface area contributed by atoms with E-state index < -0.39 is 17.7 Å². The first-order chi connectivity index (χ1) is 10.7. The lowest BCUT2D eigenvalue weighted by atomic mass is 10.1. The molecular weight excluding hydrogens is 300 g/mol. The van der Waals surface area contributed by atoms with Crippen molar-refractivity contribution in [2.45, 2.75) is 39.3 Å². The Bertz CT molecular complexity index is 588. The zero-order chi connectivity index (χ0) is 17.2. The molecule has 23 heavy (non-hydrogen) atoms. The van der Waals surface area contributed by atoms with E-state index in [-0.39, 0.29) is 6.04 Å². The van der Waals surface area contributed by atoms with Crippen LogP contribution in [0.15, 0.2) is 10.5 Å². The van der Waals surface area contributed by atoms with E-state index in [0.717, 1.165) is 0 Å². The van der Waals surface area contributed by atoms with E-state index >= 15 is 0 Å². The van der Waals surface area contributed by atoms with Gasteiger partial charge in [-0.2, -0.15) is 0 Å². The van der Waals surface area contributed by atoms with E-state index in [1.165, 1.54) is 7.11 Å². The summed E-state index contributed by atoms with van der Waals surface area (Å²) in [6.45, 7) is 8.90. The molecule has 7 nitrogen and oxygen atoms in total. The van der Waals surface area contributed by atoms with Crippen LogP contribution in [-0.2, 0) is 9.47 Å². The molecule has 1 aliphatic rings. The number of nitrogens with one attached hydrogen (secondary N) is 1. The Balaban J connectivity index is 2.25. The van der Waals surface area contributed by atoms with Crippen molar-refractivity contribution in [1.82, 2.24) is 10.2 Å². The van der Waals surface area contributed by atoms with Crippen molar-refractivity contribution in [3.8, 4) is 0 Å². The number of nitrogens with zero attached hydrogens (tertiary/aromatic N) is 1. The highest BCUT2D eigenvalue weighted by Crippen LogP contribution is 2.28. The number of esters is 1. The lowest BCUT2D eigenvalue weighted by molar-refractivity contribution is 0.00921. The van der Waals surface area contributed by atoms with Crippen LogP contribution >= 0.6 is 0 Å². The molecule has 2 heterocycles. The molecule has 128 valence electrons. The summed E-state index contributed by atoms with van der Waals surface area (Å²) in [5, 5.41) is 3.23. The van der Waals surface area contributed by atoms with Crippen molar-refractivity contribution >= 4 is 12.1 Å². The van der Waals surface area contributed by atoms with Gasteiger partial charge in [0.1, 0.15) is 28.7 Å². The largest absolute Gasteiger partial charge is 0.465 e. The van der Waals surface area contributed by atoms with Crippen molar-refractivity contribution in [1.29, 1.82) is 0 Å². The topological polar surface area (TPSA) is 81.0 Å². The minimum atomic E-state index is -0.567. The second-order valence-corrected chi connectivity index (χ2v) is 6.50. The van der Waals surface area contributed by atoms with Crippen LogP contribution in [0.1, 0.15) is 48.7 Å². The monoisotopic (exact) mass is 324 g/mol. The highest BCUT2D eigenvalue weighted by molar-refractivity contribution is 5.90. The minimum absolute atomic E-state index is 0.323. The fraction of sp³-hybridized carbons (Fsp3) is 0.625. The van der Waals surface area contributed by atoms with E-state index in [4.69, 9.17) is 13.9 Å². The molecule has 0 aliphatic carbocycles. The fourth-order valence-electron chi connectivity index (χ4n) is 2.48. The zero-order valence-electron chi connectivity index (χ0n) is 14.3. The standard InChI is InChI=1S/C16H24N2O5/c1-10-11(14(19)21-5)8-13(22-10)12-9-17-6-7-18(12)15(20)23-16(2,3)4/h8,12,17H,6-7,9H2,1-5H3. The SMILES string of the molecule is COC(=O)c1cc(C2CNCCN2C(=O)OC(C)(C)C)oc1C. The Morgan fingerprint density at radius 2 is 2.09 bits per heavy atom. The van der Waals surface area contributed by atoms with Crippen LogP contribution in [0.2, 0.25) is 0 Å². The van der Waals surface area contributed by atoms with Crippen LogP contribution < -0.4 is 5.32 Å². The number of methoxy groups -OCH3 is 1. The van der Waals surface area contributed by atoms with E-state index in [9.17, 15) is 9.59 Å². The van der Waals surface area contributed by atoms with Crippen molar-refractivity contribution < 1.29 is 23.5 Å². The first-order valence-electron chi connectivity index (χ1n) is 7.62. The number of piperazine rings is 1. The molecule has 0 aromatic carbocycles. The maximum absolute atomic E-state index is 12.4. The maximum Gasteiger partial charge on any atom is 0.411 e. The number of aryl methyl sites for hydroxylation is 1. The number of amides is 1. The molecule has 1 aliphatic heterocycles. The van der Waals surface area contributed by atoms with Crippen molar-refractivity contribution in [2.24, 2.45) is 0 Å². The van der Waals surface area contributed by atoms with Crippen LogP contribution in [0.3, 0.4) is 0 Å². The summed E-state index contributed by atoms with van der Waals surface area (Å²) in [5.41, 5.74) is -0.194. The quantitative estimate of drug-likeness (QED) is 0.841. The van der Waals surface area contributed by atoms with E-state index in [1.54, 1.807) is 17.9 Å². The van der Waals surface area contributed by atoms with Crippen LogP contribution in [0.4, 0.5) is 4.79 Å². The molecule has 1 aromatic heterocycles. The molecule has 2 rings (SSSR count). The van der Waals surface area contributed by atoms with E-state index in [2.05, 4.69) is 5.32 Å². The highest BCUT2D eigenvalue weighted by Gasteiger charge is 2.34. The molecule has 1 aromatic rings. The fourth-order valence-corrected chi connectivity index (χ4v) is 2.48. The molecule has 1 atom stereocenters. The molecule has 1 amide bonds. The minimum Gasteiger partial charge on any atom is -0.465 e. The predicted molar refractivity (Wildman–Crippen MR) is 83.3 cm³/mol. The van der Waals surface area contributed by atoms with Crippen LogP contribution in [0.5, 0.6) is 0 Å². The van der Waals surface area contributed by atoms with Gasteiger partial charge in [0.2, 0.25) is 0 Å². The van der Waals surface area contributed by atoms with Gasteiger partial charge in [0.15, 0.2) is 0 Å². The Morgan fingerprint density at radius 3 is 2.70 bits per heavy atom. The lowest BCUT2D eigenvalue weighted by Crippen LogP contribution is -2.50. The lowest BCUT2D eigenvalue weighted by Gasteiger charge is -2.36. The maximum atomic E-state index is 12.4. The Kier molecular flexibility index (Phi) is 4.99. The first kappa shape index (κ1) is 17.3. The zero-order valence-corrected chi connectivity index (χ0v) is 14.3. The van der Waals surface area contributed by atoms with Gasteiger partial charge in [-0.25, -0.2) is 9.59 Å². The Labute approximate surface area is 135 Å². The van der Waals surface area contributed by atoms with Crippen LogP contribution in [0, 0.1) is 6.92 Å². The molecule has 1 fully saturated rings. The number of hydrogen-bond donors (Lipinski definition) is 1. The summed E-state index contributed by atoms with van der Waals surface area (Å²) in [6, 6.07) is 1.31. The summed E-state index contributed by atoms with van der Waals surface area (Å²) >= 11 is 0. The molecule has 0 radical (unpaired) electrons. The van der Waals surface area contributed by atoms with Gasteiger partial charge >= 0.3 is 12.1 Å². The third kappa shape index (κ3) is 4.04. The molecule has 0 saturated carbocycles. The number of carbonyl (C=O) groups is 2. The molecule has 0 spiro atoms. The number of furan rings is 1. The molecular formula is C16H24N2O5. The smallest absolute Gasteiger partial charge is 0.411 e. The summed E-state index contributed by atoms with van der Waals surface area (Å²) in [7, 11) is 1.32. The highest BCUT2D eigenvalue weighted by atomic mass is 16.6. The molecule has 0 bridgehead atoms. The number of rotatable bonds is 2. The summed E-state index contributed by atoms with van der Waals surface area (Å²) in [5.74, 6) is 0.563. The van der Waals surface area contributed by atoms with Gasteiger partial charge in [-0.1, -0.05) is 0 Å². The normalized spacial score (nSPS) is 18.7. The molecule has 1 saturated heterocycles. The van der Waals surface area contributed by atoms with E-state index in [1.807, 2.05) is 20.8 Å². The van der Waals surface area contributed by atoms with Crippen LogP contribution in [-0.4, -0.2) is 49.3 Å². The predicted octanol–water partition coefficient (Wildman–Crippen LogP) is 2.26. The third-order valence-electron chi connectivity index (χ3n) is 3.54. The van der Waals surface area contributed by atoms with Crippen molar-refractivity contribution in [2.75, 3.05) is 26.7 Å². The number of ether oxygens (including phenoxy) is 2. The summed E-state index contributed by atoms with van der Waals surface area (Å²) < 4.78 is 15.9. The van der Waals surface area contributed by atoms with E-state index in [0.29, 0.717) is 36.7 Å². The summed E-state index contributed by atoms with van der Waals surface area (Å²) in [6.07, 6.45) is -0.391. The summed E-state index contributed by atoms with van der Waals surface area (Å²) in [4.78, 5) is 25.8. The first-order valence-corrected chi connectivity index (χ1v) is 7.62. The van der Waals surface area contributed by atoms with Gasteiger partial charge in [0, 0.05) is 19.6 Å². The number of hydrogen-bond acceptors (Lipinski definition) is 6. The number of carbonyl (C=O) groups excluding carboxylic acids is 2. The molecule has 7 heteroatoms.